The van der Waals surface area contributed by atoms with E-state index in [1.807, 2.05) is 0 Å². The monoisotopic (exact) mass is 332 g/mol. The summed E-state index contributed by atoms with van der Waals surface area (Å²) in [5.41, 5.74) is -2.45. The van der Waals surface area contributed by atoms with Crippen molar-refractivity contribution in [2.24, 2.45) is 5.92 Å². The minimum atomic E-state index is -2.78. The molecule has 0 aromatic rings. The summed E-state index contributed by atoms with van der Waals surface area (Å²) in [5, 5.41) is 34.4. The SMILES string of the molecule is CC1(ON2OC3(C)CCC3C2([N+](=O)[O-])[N+](=O)[O-])CCC1[N+](=O)[O-]. The zero-order valence-electron chi connectivity index (χ0n) is 12.5. The van der Waals surface area contributed by atoms with Crippen LogP contribution in [0.1, 0.15) is 39.5 Å². The Morgan fingerprint density at radius 3 is 2.04 bits per heavy atom. The topological polar surface area (TPSA) is 151 Å². The summed E-state index contributed by atoms with van der Waals surface area (Å²) < 4.78 is 0. The van der Waals surface area contributed by atoms with Gasteiger partial charge >= 0.3 is 5.79 Å². The molecule has 1 heterocycles. The number of nitro groups is 3. The Bertz CT molecular complexity index is 585. The Morgan fingerprint density at radius 2 is 1.70 bits per heavy atom. The van der Waals surface area contributed by atoms with Gasteiger partial charge in [0, 0.05) is 11.3 Å². The van der Waals surface area contributed by atoms with Crippen LogP contribution in [0.3, 0.4) is 0 Å². The Morgan fingerprint density at radius 1 is 1.09 bits per heavy atom. The summed E-state index contributed by atoms with van der Waals surface area (Å²) in [7, 11) is 0. The maximum absolute atomic E-state index is 11.5. The lowest BCUT2D eigenvalue weighted by molar-refractivity contribution is -0.861. The van der Waals surface area contributed by atoms with E-state index in [0.717, 1.165) is 0 Å². The second-order valence-electron chi connectivity index (χ2n) is 6.70. The fourth-order valence-corrected chi connectivity index (χ4v) is 3.64. The van der Waals surface area contributed by atoms with E-state index in [4.69, 9.17) is 9.68 Å². The third kappa shape index (κ3) is 1.82. The summed E-state index contributed by atoms with van der Waals surface area (Å²) in [6.07, 6.45) is 1.15. The van der Waals surface area contributed by atoms with Crippen LogP contribution in [0.2, 0.25) is 0 Å². The van der Waals surface area contributed by atoms with Crippen molar-refractivity contribution < 1.29 is 24.4 Å². The number of hydrogen-bond donors (Lipinski definition) is 0. The van der Waals surface area contributed by atoms with Crippen molar-refractivity contribution in [2.45, 2.75) is 62.6 Å². The predicted octanol–water partition coefficient (Wildman–Crippen LogP) is 0.739. The molecule has 128 valence electrons. The highest BCUT2D eigenvalue weighted by Crippen LogP contribution is 2.57. The number of fused-ring (bicyclic) bond motifs is 1. The van der Waals surface area contributed by atoms with Crippen molar-refractivity contribution in [1.82, 2.24) is 5.23 Å². The van der Waals surface area contributed by atoms with Crippen LogP contribution < -0.4 is 0 Å². The van der Waals surface area contributed by atoms with E-state index < -0.39 is 43.7 Å². The molecule has 3 fully saturated rings. The van der Waals surface area contributed by atoms with Gasteiger partial charge in [-0.25, -0.2) is 4.84 Å². The largest absolute Gasteiger partial charge is 0.571 e. The summed E-state index contributed by atoms with van der Waals surface area (Å²) >= 11 is 0. The van der Waals surface area contributed by atoms with Crippen molar-refractivity contribution in [3.05, 3.63) is 30.3 Å². The van der Waals surface area contributed by atoms with Crippen molar-refractivity contribution in [3.63, 3.8) is 0 Å². The fourth-order valence-electron chi connectivity index (χ4n) is 3.64. The number of rotatable bonds is 5. The lowest BCUT2D eigenvalue weighted by atomic mass is 9.68. The molecule has 4 atom stereocenters. The van der Waals surface area contributed by atoms with Gasteiger partial charge in [0.05, 0.1) is 5.23 Å². The molecule has 12 heteroatoms. The number of hydroxylamine groups is 2. The lowest BCUT2D eigenvalue weighted by Gasteiger charge is -2.41. The molecule has 0 spiro atoms. The summed E-state index contributed by atoms with van der Waals surface area (Å²) in [6.45, 7) is 2.95. The van der Waals surface area contributed by atoms with Crippen LogP contribution in [-0.2, 0) is 9.68 Å². The molecular weight excluding hydrogens is 316 g/mol. The maximum atomic E-state index is 11.5. The molecule has 3 aliphatic rings. The smallest absolute Gasteiger partial charge is 0.264 e. The molecule has 0 aromatic carbocycles. The van der Waals surface area contributed by atoms with Gasteiger partial charge in [0.2, 0.25) is 6.04 Å². The van der Waals surface area contributed by atoms with E-state index in [1.54, 1.807) is 6.92 Å². The number of nitrogens with zero attached hydrogens (tertiary/aromatic N) is 4. The minimum Gasteiger partial charge on any atom is -0.264 e. The van der Waals surface area contributed by atoms with E-state index in [1.165, 1.54) is 6.92 Å². The van der Waals surface area contributed by atoms with Crippen LogP contribution in [-0.4, -0.2) is 43.0 Å². The standard InChI is InChI=1S/C11H16N4O8/c1-9-5-3-7(9)11(13(18)19,14(20)21)15(22-9)23-10(2)6-4-8(10)12(16)17/h7-8H,3-6H2,1-2H3. The first-order chi connectivity index (χ1) is 10.6. The van der Waals surface area contributed by atoms with Crippen LogP contribution in [0, 0.1) is 36.3 Å². The normalized spacial score (nSPS) is 41.5. The first-order valence-electron chi connectivity index (χ1n) is 7.19. The second kappa shape index (κ2) is 4.55. The van der Waals surface area contributed by atoms with E-state index in [-0.39, 0.29) is 19.3 Å². The second-order valence-corrected chi connectivity index (χ2v) is 6.70. The van der Waals surface area contributed by atoms with Crippen LogP contribution >= 0.6 is 0 Å². The molecule has 4 unspecified atom stereocenters. The third-order valence-electron chi connectivity index (χ3n) is 5.40. The summed E-state index contributed by atoms with van der Waals surface area (Å²) in [5.74, 6) is -3.77. The van der Waals surface area contributed by atoms with Crippen molar-refractivity contribution in [3.8, 4) is 0 Å². The Labute approximate surface area is 129 Å². The molecular formula is C11H16N4O8. The van der Waals surface area contributed by atoms with E-state index in [9.17, 15) is 30.3 Å². The molecule has 0 radical (unpaired) electrons. The van der Waals surface area contributed by atoms with E-state index in [0.29, 0.717) is 11.6 Å². The highest BCUT2D eigenvalue weighted by Gasteiger charge is 2.85. The van der Waals surface area contributed by atoms with Gasteiger partial charge in [0.1, 0.15) is 15.4 Å². The Hall–Kier alpha value is -1.92. The molecule has 12 nitrogen and oxygen atoms in total. The molecule has 0 bridgehead atoms. The first kappa shape index (κ1) is 16.0. The van der Waals surface area contributed by atoms with Gasteiger partial charge in [0.15, 0.2) is 11.5 Å². The Kier molecular flexibility index (Phi) is 3.16. The van der Waals surface area contributed by atoms with Gasteiger partial charge in [-0.2, -0.15) is 0 Å². The predicted molar refractivity (Wildman–Crippen MR) is 70.3 cm³/mol. The van der Waals surface area contributed by atoms with Crippen molar-refractivity contribution >= 4 is 0 Å². The van der Waals surface area contributed by atoms with Crippen LogP contribution in [0.15, 0.2) is 0 Å². The summed E-state index contributed by atoms with van der Waals surface area (Å²) in [4.78, 5) is 42.2. The first-order valence-corrected chi connectivity index (χ1v) is 7.19. The van der Waals surface area contributed by atoms with Crippen LogP contribution in [0.25, 0.3) is 0 Å². The fraction of sp³-hybridized carbons (Fsp3) is 1.00. The number of hydrogen-bond acceptors (Lipinski definition) is 9. The zero-order valence-corrected chi connectivity index (χ0v) is 12.5. The van der Waals surface area contributed by atoms with Crippen molar-refractivity contribution in [2.75, 3.05) is 0 Å². The molecule has 0 N–H and O–H groups in total. The molecule has 3 rings (SSSR count). The van der Waals surface area contributed by atoms with Gasteiger partial charge in [0.25, 0.3) is 0 Å². The van der Waals surface area contributed by atoms with E-state index >= 15 is 0 Å². The van der Waals surface area contributed by atoms with Crippen LogP contribution in [0.5, 0.6) is 0 Å². The van der Waals surface area contributed by atoms with Gasteiger partial charge in [-0.1, -0.05) is 0 Å². The van der Waals surface area contributed by atoms with E-state index in [2.05, 4.69) is 0 Å². The molecule has 1 aliphatic heterocycles. The maximum Gasteiger partial charge on any atom is 0.571 e. The molecule has 23 heavy (non-hydrogen) atoms. The Balaban J connectivity index is 1.95. The third-order valence-corrected chi connectivity index (χ3v) is 5.40. The van der Waals surface area contributed by atoms with Gasteiger partial charge in [-0.15, -0.1) is 0 Å². The van der Waals surface area contributed by atoms with Crippen LogP contribution in [0.4, 0.5) is 0 Å². The highest BCUT2D eigenvalue weighted by molar-refractivity contribution is 5.04. The van der Waals surface area contributed by atoms with Crippen molar-refractivity contribution in [1.29, 1.82) is 0 Å². The zero-order chi connectivity index (χ0) is 17.2. The van der Waals surface area contributed by atoms with Gasteiger partial charge < -0.3 is 0 Å². The van der Waals surface area contributed by atoms with Gasteiger partial charge in [-0.05, 0) is 33.1 Å². The minimum absolute atomic E-state index is 0.238. The lowest BCUT2D eigenvalue weighted by Crippen LogP contribution is -2.66. The molecule has 0 amide bonds. The molecule has 1 saturated heterocycles. The molecule has 0 aromatic heterocycles. The van der Waals surface area contributed by atoms with Gasteiger partial charge in [-0.3, -0.25) is 35.2 Å². The average molecular weight is 332 g/mol. The quantitative estimate of drug-likeness (QED) is 0.403. The molecule has 2 saturated carbocycles. The summed E-state index contributed by atoms with van der Waals surface area (Å²) in [6, 6.07) is -1.09. The highest BCUT2D eigenvalue weighted by atomic mass is 17.0. The molecule has 2 aliphatic carbocycles. The average Bonchev–Trinajstić information content (AvgIpc) is 2.55.